The number of carbonyl (C=O) groups excluding carboxylic acids is 1. The number of rotatable bonds is 5. The number of cyclic esters (lactones) is 1. The average molecular weight is 704 g/mol. The number of hydrogen-bond donors (Lipinski definition) is 0. The zero-order valence-corrected chi connectivity index (χ0v) is 21.6. The van der Waals surface area contributed by atoms with Crippen LogP contribution in [-0.4, -0.2) is 11.9 Å². The van der Waals surface area contributed by atoms with Gasteiger partial charge < -0.3 is 9.47 Å². The van der Waals surface area contributed by atoms with E-state index in [0.717, 1.165) is 28.5 Å². The van der Waals surface area contributed by atoms with Gasteiger partial charge in [0.05, 0.1) is 12.7 Å². The zero-order valence-electron chi connectivity index (χ0n) is 15.7. The number of hydrogen-bond acceptors (Lipinski definition) is 4. The normalized spacial score (nSPS) is 14.5. The third-order valence-corrected chi connectivity index (χ3v) is 6.48. The van der Waals surface area contributed by atoms with E-state index in [0.29, 0.717) is 6.61 Å². The molecule has 0 atom stereocenters. The van der Waals surface area contributed by atoms with Gasteiger partial charge >= 0.3 is 5.97 Å². The molecule has 0 N–H and O–H groups in total. The molecule has 31 heavy (non-hydrogen) atoms. The Hall–Kier alpha value is -1.79. The molecule has 0 aliphatic carbocycles. The predicted octanol–water partition coefficient (Wildman–Crippen LogP) is 6.72. The van der Waals surface area contributed by atoms with Gasteiger partial charge in [-0.1, -0.05) is 40.2 Å². The van der Waals surface area contributed by atoms with Crippen molar-refractivity contribution < 1.29 is 18.7 Å². The van der Waals surface area contributed by atoms with Gasteiger partial charge in [-0.05, 0) is 98.8 Å². The van der Waals surface area contributed by atoms with E-state index in [1.54, 1.807) is 18.2 Å². The summed E-state index contributed by atoms with van der Waals surface area (Å²) in [4.78, 5) is 16.4. The van der Waals surface area contributed by atoms with Crippen LogP contribution >= 0.6 is 61.1 Å². The van der Waals surface area contributed by atoms with Gasteiger partial charge in [-0.15, -0.1) is 0 Å². The molecular weight excluding hydrogens is 691 g/mol. The summed E-state index contributed by atoms with van der Waals surface area (Å²) in [5, 5.41) is 0. The first-order chi connectivity index (χ1) is 14.9. The minimum absolute atomic E-state index is 0.0341. The lowest BCUT2D eigenvalue weighted by Gasteiger charge is -2.11. The first kappa shape index (κ1) is 22.4. The third kappa shape index (κ3) is 5.35. The molecule has 3 aromatic rings. The molecule has 156 valence electrons. The first-order valence-electron chi connectivity index (χ1n) is 9.04. The quantitative estimate of drug-likeness (QED) is 0.169. The Bertz CT molecular complexity index is 1200. The zero-order chi connectivity index (χ0) is 22.0. The first-order valence-corrected chi connectivity index (χ1v) is 12.0. The Morgan fingerprint density at radius 3 is 2.42 bits per heavy atom. The average Bonchev–Trinajstić information content (AvgIpc) is 3.09. The lowest BCUT2D eigenvalue weighted by atomic mass is 10.2. The van der Waals surface area contributed by atoms with Gasteiger partial charge in [-0.3, -0.25) is 0 Å². The smallest absolute Gasteiger partial charge is 0.363 e. The molecule has 0 fully saturated rings. The molecule has 0 saturated carbocycles. The number of nitrogens with zero attached hydrogens (tertiary/aromatic N) is 1. The second-order valence-electron chi connectivity index (χ2n) is 6.54. The summed E-state index contributed by atoms with van der Waals surface area (Å²) in [6.45, 7) is 0.447. The maximum atomic E-state index is 14.0. The van der Waals surface area contributed by atoms with Gasteiger partial charge in [0.25, 0.3) is 0 Å². The number of esters is 1. The van der Waals surface area contributed by atoms with Crippen LogP contribution in [-0.2, 0) is 16.1 Å². The largest absolute Gasteiger partial charge is 0.487 e. The standard InChI is InChI=1S/C23H13BrFI2NO3/c24-15-7-5-13(6-8-15)12-30-21-18(26)9-14(10-19(21)27)11-20-23(29)31-22(28-20)16-3-1-2-4-17(16)25/h1-11H,12H2/b20-11-. The molecule has 8 heteroatoms. The number of halogens is 4. The van der Waals surface area contributed by atoms with Gasteiger partial charge in [0.15, 0.2) is 5.70 Å². The van der Waals surface area contributed by atoms with Gasteiger partial charge in [0, 0.05) is 4.47 Å². The van der Waals surface area contributed by atoms with Crippen molar-refractivity contribution in [1.29, 1.82) is 0 Å². The van der Waals surface area contributed by atoms with Gasteiger partial charge in [0.2, 0.25) is 5.90 Å². The van der Waals surface area contributed by atoms with E-state index in [2.05, 4.69) is 66.1 Å². The van der Waals surface area contributed by atoms with Crippen LogP contribution in [0.4, 0.5) is 4.39 Å². The predicted molar refractivity (Wildman–Crippen MR) is 137 cm³/mol. The van der Waals surface area contributed by atoms with Gasteiger partial charge in [-0.2, -0.15) is 0 Å². The lowest BCUT2D eigenvalue weighted by Crippen LogP contribution is -2.07. The molecule has 0 saturated heterocycles. The summed E-state index contributed by atoms with van der Waals surface area (Å²) in [6.07, 6.45) is 1.62. The van der Waals surface area contributed by atoms with E-state index in [9.17, 15) is 9.18 Å². The molecule has 0 amide bonds. The number of aliphatic imine (C=N–C) groups is 1. The Kier molecular flexibility index (Phi) is 7.07. The molecule has 3 aromatic carbocycles. The Labute approximate surface area is 214 Å². The van der Waals surface area contributed by atoms with Crippen molar-refractivity contribution in [3.8, 4) is 5.75 Å². The van der Waals surface area contributed by atoms with Gasteiger partial charge in [0.1, 0.15) is 18.2 Å². The molecule has 0 aromatic heterocycles. The molecule has 0 bridgehead atoms. The molecule has 0 radical (unpaired) electrons. The highest BCUT2D eigenvalue weighted by Crippen LogP contribution is 2.31. The summed E-state index contributed by atoms with van der Waals surface area (Å²) in [5.41, 5.74) is 2.11. The molecule has 1 aliphatic rings. The van der Waals surface area contributed by atoms with Crippen LogP contribution in [0.15, 0.2) is 75.8 Å². The topological polar surface area (TPSA) is 47.9 Å². The van der Waals surface area contributed by atoms with Crippen molar-refractivity contribution >= 4 is 79.1 Å². The molecular formula is C23H13BrFI2NO3. The third-order valence-electron chi connectivity index (χ3n) is 4.35. The molecule has 4 rings (SSSR count). The van der Waals surface area contributed by atoms with E-state index >= 15 is 0 Å². The highest BCUT2D eigenvalue weighted by molar-refractivity contribution is 14.1. The van der Waals surface area contributed by atoms with Crippen molar-refractivity contribution in [2.24, 2.45) is 4.99 Å². The van der Waals surface area contributed by atoms with Crippen LogP contribution in [0.5, 0.6) is 5.75 Å². The summed E-state index contributed by atoms with van der Waals surface area (Å²) in [5.74, 6) is -0.366. The molecule has 1 heterocycles. The van der Waals surface area contributed by atoms with E-state index in [1.807, 2.05) is 36.4 Å². The van der Waals surface area contributed by atoms with Crippen LogP contribution < -0.4 is 4.74 Å². The molecule has 0 spiro atoms. The van der Waals surface area contributed by atoms with Crippen LogP contribution in [0.1, 0.15) is 16.7 Å². The van der Waals surface area contributed by atoms with Crippen molar-refractivity contribution in [2.45, 2.75) is 6.61 Å². The highest BCUT2D eigenvalue weighted by atomic mass is 127. The number of benzene rings is 3. The van der Waals surface area contributed by atoms with E-state index in [-0.39, 0.29) is 17.2 Å². The second-order valence-corrected chi connectivity index (χ2v) is 9.78. The number of ether oxygens (including phenoxy) is 2. The second kappa shape index (κ2) is 9.78. The fourth-order valence-electron chi connectivity index (χ4n) is 2.85. The maximum absolute atomic E-state index is 14.0. The van der Waals surface area contributed by atoms with E-state index in [4.69, 9.17) is 9.47 Å². The minimum atomic E-state index is -0.612. The monoisotopic (exact) mass is 703 g/mol. The van der Waals surface area contributed by atoms with E-state index in [1.165, 1.54) is 12.1 Å². The van der Waals surface area contributed by atoms with Crippen molar-refractivity contribution in [3.05, 3.63) is 100 Å². The molecule has 1 aliphatic heterocycles. The van der Waals surface area contributed by atoms with Crippen molar-refractivity contribution in [1.82, 2.24) is 0 Å². The Morgan fingerprint density at radius 2 is 1.74 bits per heavy atom. The SMILES string of the molecule is O=C1OC(c2ccccc2F)=N/C1=C\c1cc(I)c(OCc2ccc(Br)cc2)c(I)c1. The van der Waals surface area contributed by atoms with Crippen LogP contribution in [0.3, 0.4) is 0 Å². The summed E-state index contributed by atoms with van der Waals surface area (Å²) in [7, 11) is 0. The minimum Gasteiger partial charge on any atom is -0.487 e. The summed E-state index contributed by atoms with van der Waals surface area (Å²) < 4.78 is 28.0. The molecule has 0 unspecified atom stereocenters. The molecule has 4 nitrogen and oxygen atoms in total. The van der Waals surface area contributed by atoms with Crippen molar-refractivity contribution in [3.63, 3.8) is 0 Å². The van der Waals surface area contributed by atoms with Crippen LogP contribution in [0.25, 0.3) is 6.08 Å². The summed E-state index contributed by atoms with van der Waals surface area (Å²) in [6, 6.07) is 17.8. The fourth-order valence-corrected chi connectivity index (χ4v) is 5.25. The summed E-state index contributed by atoms with van der Waals surface area (Å²) >= 11 is 7.83. The van der Waals surface area contributed by atoms with Crippen LogP contribution in [0.2, 0.25) is 0 Å². The fraction of sp³-hybridized carbons (Fsp3) is 0.0435. The Morgan fingerprint density at radius 1 is 1.06 bits per heavy atom. The maximum Gasteiger partial charge on any atom is 0.363 e. The number of carbonyl (C=O) groups is 1. The lowest BCUT2D eigenvalue weighted by molar-refractivity contribution is -0.129. The Balaban J connectivity index is 1.56. The van der Waals surface area contributed by atoms with E-state index < -0.39 is 11.8 Å². The van der Waals surface area contributed by atoms with Gasteiger partial charge in [-0.25, -0.2) is 14.2 Å². The van der Waals surface area contributed by atoms with Crippen molar-refractivity contribution in [2.75, 3.05) is 0 Å². The van der Waals surface area contributed by atoms with Crippen LogP contribution in [0, 0.1) is 13.0 Å². The highest BCUT2D eigenvalue weighted by Gasteiger charge is 2.26.